The Bertz CT molecular complexity index is 415. The van der Waals surface area contributed by atoms with E-state index in [9.17, 15) is 9.50 Å². The number of benzene rings is 1. The molecule has 0 aliphatic heterocycles. The number of nitrogens with two attached hydrogens (primary N) is 1. The molecule has 1 aliphatic rings. The maximum Gasteiger partial charge on any atom is 0.123 e. The molecule has 1 aromatic rings. The van der Waals surface area contributed by atoms with Crippen LogP contribution in [0.15, 0.2) is 24.3 Å². The van der Waals surface area contributed by atoms with Crippen molar-refractivity contribution < 1.29 is 9.50 Å². The molecule has 100 valence electrons. The summed E-state index contributed by atoms with van der Waals surface area (Å²) in [6.45, 7) is 4.63. The molecule has 0 saturated heterocycles. The lowest BCUT2D eigenvalue weighted by Gasteiger charge is -2.36. The molecular weight excluding hydrogens is 229 g/mol. The molecule has 1 saturated carbocycles. The molecule has 0 heterocycles. The van der Waals surface area contributed by atoms with Crippen molar-refractivity contribution in [3.05, 3.63) is 35.6 Å². The van der Waals surface area contributed by atoms with Gasteiger partial charge in [-0.05, 0) is 42.4 Å². The zero-order chi connectivity index (χ0) is 13.4. The second kappa shape index (κ2) is 4.63. The topological polar surface area (TPSA) is 46.2 Å². The molecule has 2 rings (SSSR count). The smallest absolute Gasteiger partial charge is 0.123 e. The van der Waals surface area contributed by atoms with E-state index in [1.54, 1.807) is 12.1 Å². The van der Waals surface area contributed by atoms with Crippen LogP contribution in [0.1, 0.15) is 32.3 Å². The number of rotatable bonds is 3. The van der Waals surface area contributed by atoms with Crippen LogP contribution in [0.4, 0.5) is 4.39 Å². The Labute approximate surface area is 108 Å². The van der Waals surface area contributed by atoms with Gasteiger partial charge in [-0.1, -0.05) is 26.0 Å². The van der Waals surface area contributed by atoms with E-state index in [0.29, 0.717) is 13.0 Å². The average molecular weight is 251 g/mol. The fourth-order valence-corrected chi connectivity index (χ4v) is 3.15. The van der Waals surface area contributed by atoms with E-state index in [2.05, 4.69) is 13.8 Å². The van der Waals surface area contributed by atoms with Gasteiger partial charge in [0.2, 0.25) is 0 Å². The van der Waals surface area contributed by atoms with E-state index in [-0.39, 0.29) is 16.6 Å². The number of hydrogen-bond donors (Lipinski definition) is 2. The molecule has 2 nitrogen and oxygen atoms in total. The van der Waals surface area contributed by atoms with Crippen LogP contribution < -0.4 is 5.73 Å². The quantitative estimate of drug-likeness (QED) is 0.867. The number of hydrogen-bond acceptors (Lipinski definition) is 2. The summed E-state index contributed by atoms with van der Waals surface area (Å²) in [5.41, 5.74) is 6.62. The SMILES string of the molecule is CC1(C)CCC(CN)(Cc2ccc(F)cc2)C1O. The van der Waals surface area contributed by atoms with Crippen LogP contribution in [0.2, 0.25) is 0 Å². The Morgan fingerprint density at radius 2 is 1.89 bits per heavy atom. The van der Waals surface area contributed by atoms with E-state index in [0.717, 1.165) is 18.4 Å². The molecule has 0 aromatic heterocycles. The third-order valence-corrected chi connectivity index (χ3v) is 4.46. The molecule has 0 radical (unpaired) electrons. The van der Waals surface area contributed by atoms with E-state index in [1.807, 2.05) is 0 Å². The number of aliphatic hydroxyl groups is 1. The highest BCUT2D eigenvalue weighted by Crippen LogP contribution is 2.50. The van der Waals surface area contributed by atoms with Gasteiger partial charge in [-0.3, -0.25) is 0 Å². The first kappa shape index (κ1) is 13.5. The van der Waals surface area contributed by atoms with Crippen LogP contribution in [0.5, 0.6) is 0 Å². The van der Waals surface area contributed by atoms with E-state index >= 15 is 0 Å². The molecule has 2 atom stereocenters. The molecule has 1 fully saturated rings. The predicted molar refractivity (Wildman–Crippen MR) is 70.6 cm³/mol. The summed E-state index contributed by atoms with van der Waals surface area (Å²) in [4.78, 5) is 0. The Morgan fingerprint density at radius 1 is 1.28 bits per heavy atom. The summed E-state index contributed by atoms with van der Waals surface area (Å²) in [5, 5.41) is 10.5. The van der Waals surface area contributed by atoms with Crippen molar-refractivity contribution in [1.82, 2.24) is 0 Å². The molecule has 18 heavy (non-hydrogen) atoms. The second-order valence-electron chi connectivity index (χ2n) is 6.26. The van der Waals surface area contributed by atoms with Gasteiger partial charge in [0.1, 0.15) is 5.82 Å². The normalized spacial score (nSPS) is 30.6. The predicted octanol–water partition coefficient (Wildman–Crippen LogP) is 2.49. The average Bonchev–Trinajstić information content (AvgIpc) is 2.57. The monoisotopic (exact) mass is 251 g/mol. The van der Waals surface area contributed by atoms with Gasteiger partial charge in [-0.25, -0.2) is 4.39 Å². The van der Waals surface area contributed by atoms with Crippen molar-refractivity contribution in [2.24, 2.45) is 16.6 Å². The second-order valence-corrected chi connectivity index (χ2v) is 6.26. The van der Waals surface area contributed by atoms with Crippen molar-refractivity contribution in [1.29, 1.82) is 0 Å². The highest BCUT2D eigenvalue weighted by Gasteiger charge is 2.50. The third kappa shape index (κ3) is 2.29. The Kier molecular flexibility index (Phi) is 3.47. The minimum atomic E-state index is -0.403. The minimum Gasteiger partial charge on any atom is -0.392 e. The first-order chi connectivity index (χ1) is 8.39. The largest absolute Gasteiger partial charge is 0.392 e. The summed E-state index contributed by atoms with van der Waals surface area (Å²) in [6.07, 6.45) is 2.22. The highest BCUT2D eigenvalue weighted by atomic mass is 19.1. The van der Waals surface area contributed by atoms with E-state index < -0.39 is 6.10 Å². The van der Waals surface area contributed by atoms with Crippen LogP contribution in [-0.4, -0.2) is 17.8 Å². The lowest BCUT2D eigenvalue weighted by atomic mass is 9.74. The van der Waals surface area contributed by atoms with Crippen LogP contribution in [0, 0.1) is 16.6 Å². The first-order valence-electron chi connectivity index (χ1n) is 6.52. The van der Waals surface area contributed by atoms with Crippen LogP contribution in [0.3, 0.4) is 0 Å². The van der Waals surface area contributed by atoms with Gasteiger partial charge >= 0.3 is 0 Å². The maximum absolute atomic E-state index is 12.9. The van der Waals surface area contributed by atoms with Crippen molar-refractivity contribution in [3.63, 3.8) is 0 Å². The van der Waals surface area contributed by atoms with Crippen molar-refractivity contribution in [2.45, 2.75) is 39.2 Å². The lowest BCUT2D eigenvalue weighted by Crippen LogP contribution is -2.44. The molecule has 0 bridgehead atoms. The van der Waals surface area contributed by atoms with Crippen LogP contribution in [0.25, 0.3) is 0 Å². The minimum absolute atomic E-state index is 0.0839. The van der Waals surface area contributed by atoms with Crippen molar-refractivity contribution in [3.8, 4) is 0 Å². The summed E-state index contributed by atoms with van der Waals surface area (Å²) >= 11 is 0. The zero-order valence-corrected chi connectivity index (χ0v) is 11.1. The van der Waals surface area contributed by atoms with E-state index in [4.69, 9.17) is 5.73 Å². The van der Waals surface area contributed by atoms with Gasteiger partial charge in [0.25, 0.3) is 0 Å². The summed E-state index contributed by atoms with van der Waals surface area (Å²) in [7, 11) is 0. The van der Waals surface area contributed by atoms with Gasteiger partial charge in [0, 0.05) is 12.0 Å². The Hall–Kier alpha value is -0.930. The molecular formula is C15H22FNO. The molecule has 0 spiro atoms. The number of aliphatic hydroxyl groups excluding tert-OH is 1. The fraction of sp³-hybridized carbons (Fsp3) is 0.600. The molecule has 1 aliphatic carbocycles. The van der Waals surface area contributed by atoms with E-state index in [1.165, 1.54) is 12.1 Å². The summed E-state index contributed by atoms with van der Waals surface area (Å²) < 4.78 is 12.9. The molecule has 3 heteroatoms. The molecule has 0 amide bonds. The van der Waals surface area contributed by atoms with Gasteiger partial charge in [-0.15, -0.1) is 0 Å². The van der Waals surface area contributed by atoms with Crippen LogP contribution >= 0.6 is 0 Å². The fourth-order valence-electron chi connectivity index (χ4n) is 3.15. The van der Waals surface area contributed by atoms with Gasteiger partial charge in [0.05, 0.1) is 6.10 Å². The number of halogens is 1. The van der Waals surface area contributed by atoms with Gasteiger partial charge in [-0.2, -0.15) is 0 Å². The summed E-state index contributed by atoms with van der Waals surface area (Å²) in [6, 6.07) is 6.49. The summed E-state index contributed by atoms with van der Waals surface area (Å²) in [5.74, 6) is -0.229. The molecule has 1 aromatic carbocycles. The van der Waals surface area contributed by atoms with Crippen LogP contribution in [-0.2, 0) is 6.42 Å². The molecule has 2 unspecified atom stereocenters. The Morgan fingerprint density at radius 3 is 2.33 bits per heavy atom. The van der Waals surface area contributed by atoms with Crippen molar-refractivity contribution >= 4 is 0 Å². The third-order valence-electron chi connectivity index (χ3n) is 4.46. The van der Waals surface area contributed by atoms with Crippen molar-refractivity contribution in [2.75, 3.05) is 6.54 Å². The van der Waals surface area contributed by atoms with Gasteiger partial charge < -0.3 is 10.8 Å². The zero-order valence-electron chi connectivity index (χ0n) is 11.1. The first-order valence-corrected chi connectivity index (χ1v) is 6.52. The lowest BCUT2D eigenvalue weighted by molar-refractivity contribution is -0.00464. The van der Waals surface area contributed by atoms with Gasteiger partial charge in [0.15, 0.2) is 0 Å². The maximum atomic E-state index is 12.9. The molecule has 3 N–H and O–H groups in total. The standard InChI is InChI=1S/C15H22FNO/c1-14(2)7-8-15(10-17,13(14)18)9-11-3-5-12(16)6-4-11/h3-6,13,18H,7-10,17H2,1-2H3. The highest BCUT2D eigenvalue weighted by molar-refractivity contribution is 5.20. The Balaban J connectivity index is 2.22.